The molecule has 0 aromatic heterocycles. The van der Waals surface area contributed by atoms with E-state index in [9.17, 15) is 4.79 Å². The summed E-state index contributed by atoms with van der Waals surface area (Å²) in [5, 5.41) is 3.14. The Bertz CT molecular complexity index is 509. The van der Waals surface area contributed by atoms with Crippen molar-refractivity contribution in [2.75, 3.05) is 19.6 Å². The highest BCUT2D eigenvalue weighted by Crippen LogP contribution is 2.31. The zero-order valence-corrected chi connectivity index (χ0v) is 17.0. The van der Waals surface area contributed by atoms with Crippen molar-refractivity contribution < 1.29 is 4.79 Å². The lowest BCUT2D eigenvalue weighted by Gasteiger charge is -2.21. The van der Waals surface area contributed by atoms with Crippen LogP contribution in [0, 0.1) is 11.8 Å². The first kappa shape index (κ1) is 24.2. The standard InChI is InChI=1S/C19H31N3O.2ClH/c1-3-22(4-2)14-17-9-6-5-8-16(17)13-21-19(23)18-11-7-10-15(18)12-20;;/h5-6,8-9,15,18H,3-4,7,10-14,20H2,1-2H3,(H,21,23);2*1H/t15-,18-;;/m1../s1. The van der Waals surface area contributed by atoms with Crippen LogP contribution in [0.5, 0.6) is 0 Å². The van der Waals surface area contributed by atoms with Crippen molar-refractivity contribution >= 4 is 30.7 Å². The van der Waals surface area contributed by atoms with E-state index in [0.29, 0.717) is 19.0 Å². The largest absolute Gasteiger partial charge is 0.352 e. The van der Waals surface area contributed by atoms with E-state index in [1.165, 1.54) is 11.1 Å². The highest BCUT2D eigenvalue weighted by atomic mass is 35.5. The third-order valence-electron chi connectivity index (χ3n) is 5.16. The van der Waals surface area contributed by atoms with Gasteiger partial charge in [-0.3, -0.25) is 9.69 Å². The average Bonchev–Trinajstić information content (AvgIpc) is 3.07. The van der Waals surface area contributed by atoms with E-state index in [0.717, 1.165) is 38.9 Å². The van der Waals surface area contributed by atoms with E-state index >= 15 is 0 Å². The fourth-order valence-electron chi connectivity index (χ4n) is 3.55. The van der Waals surface area contributed by atoms with Crippen LogP contribution >= 0.6 is 24.8 Å². The monoisotopic (exact) mass is 389 g/mol. The molecular weight excluding hydrogens is 357 g/mol. The molecule has 1 aromatic rings. The Hall–Kier alpha value is -0.810. The summed E-state index contributed by atoms with van der Waals surface area (Å²) >= 11 is 0. The topological polar surface area (TPSA) is 58.4 Å². The third-order valence-corrected chi connectivity index (χ3v) is 5.16. The second kappa shape index (κ2) is 12.5. The minimum Gasteiger partial charge on any atom is -0.352 e. The molecule has 1 saturated carbocycles. The van der Waals surface area contributed by atoms with Crippen LogP contribution in [0.1, 0.15) is 44.2 Å². The van der Waals surface area contributed by atoms with Crippen LogP contribution in [0.3, 0.4) is 0 Å². The molecule has 1 fully saturated rings. The summed E-state index contributed by atoms with van der Waals surface area (Å²) in [4.78, 5) is 14.8. The van der Waals surface area contributed by atoms with Crippen molar-refractivity contribution in [2.45, 2.75) is 46.2 Å². The number of carbonyl (C=O) groups is 1. The molecule has 2 atom stereocenters. The molecule has 0 unspecified atom stereocenters. The molecule has 0 bridgehead atoms. The summed E-state index contributed by atoms with van der Waals surface area (Å²) in [7, 11) is 0. The summed E-state index contributed by atoms with van der Waals surface area (Å²) in [6.07, 6.45) is 3.19. The van der Waals surface area contributed by atoms with Gasteiger partial charge in [0.25, 0.3) is 0 Å². The Kier molecular flexibility index (Phi) is 12.1. The number of hydrogen-bond donors (Lipinski definition) is 2. The van der Waals surface area contributed by atoms with E-state index in [2.05, 4.69) is 42.3 Å². The summed E-state index contributed by atoms with van der Waals surface area (Å²) in [5.74, 6) is 0.645. The predicted molar refractivity (Wildman–Crippen MR) is 109 cm³/mol. The summed E-state index contributed by atoms with van der Waals surface area (Å²) in [5.41, 5.74) is 8.31. The number of nitrogens with one attached hydrogen (secondary N) is 1. The molecule has 1 amide bonds. The van der Waals surface area contributed by atoms with Crippen molar-refractivity contribution in [3.63, 3.8) is 0 Å². The molecule has 1 aliphatic rings. The van der Waals surface area contributed by atoms with Gasteiger partial charge in [0.15, 0.2) is 0 Å². The van der Waals surface area contributed by atoms with Crippen molar-refractivity contribution in [3.05, 3.63) is 35.4 Å². The highest BCUT2D eigenvalue weighted by Gasteiger charge is 2.31. The van der Waals surface area contributed by atoms with Crippen LogP contribution in [0.25, 0.3) is 0 Å². The smallest absolute Gasteiger partial charge is 0.223 e. The fraction of sp³-hybridized carbons (Fsp3) is 0.632. The normalized spacial score (nSPS) is 19.2. The second-order valence-corrected chi connectivity index (χ2v) is 6.48. The van der Waals surface area contributed by atoms with Gasteiger partial charge in [-0.05, 0) is 49.5 Å². The minimum absolute atomic E-state index is 0. The molecular formula is C19H33Cl2N3O. The van der Waals surface area contributed by atoms with Gasteiger partial charge < -0.3 is 11.1 Å². The highest BCUT2D eigenvalue weighted by molar-refractivity contribution is 5.85. The Morgan fingerprint density at radius 3 is 2.40 bits per heavy atom. The Morgan fingerprint density at radius 2 is 1.80 bits per heavy atom. The zero-order valence-electron chi connectivity index (χ0n) is 15.4. The van der Waals surface area contributed by atoms with E-state index in [4.69, 9.17) is 5.73 Å². The SMILES string of the molecule is CCN(CC)Cc1ccccc1CNC(=O)[C@@H]1CCC[C@@H]1CN.Cl.Cl. The van der Waals surface area contributed by atoms with Crippen molar-refractivity contribution in [3.8, 4) is 0 Å². The summed E-state index contributed by atoms with van der Waals surface area (Å²) in [6, 6.07) is 8.41. The molecule has 1 aliphatic carbocycles. The maximum Gasteiger partial charge on any atom is 0.223 e. The number of nitrogens with two attached hydrogens (primary N) is 1. The lowest BCUT2D eigenvalue weighted by molar-refractivity contribution is -0.126. The molecule has 0 spiro atoms. The van der Waals surface area contributed by atoms with E-state index in [-0.39, 0.29) is 36.6 Å². The first-order valence-electron chi connectivity index (χ1n) is 8.96. The van der Waals surface area contributed by atoms with E-state index in [1.54, 1.807) is 0 Å². The van der Waals surface area contributed by atoms with Gasteiger partial charge in [-0.25, -0.2) is 0 Å². The molecule has 0 heterocycles. The zero-order chi connectivity index (χ0) is 16.7. The van der Waals surface area contributed by atoms with Crippen LogP contribution in [0.15, 0.2) is 24.3 Å². The molecule has 3 N–H and O–H groups in total. The number of benzene rings is 1. The van der Waals surface area contributed by atoms with E-state index in [1.807, 2.05) is 6.07 Å². The molecule has 6 heteroatoms. The molecule has 4 nitrogen and oxygen atoms in total. The van der Waals surface area contributed by atoms with Crippen LogP contribution in [-0.4, -0.2) is 30.4 Å². The van der Waals surface area contributed by atoms with Crippen LogP contribution in [-0.2, 0) is 17.9 Å². The summed E-state index contributed by atoms with van der Waals surface area (Å²) < 4.78 is 0. The number of carbonyl (C=O) groups excluding carboxylic acids is 1. The number of nitrogens with zero attached hydrogens (tertiary/aromatic N) is 1. The average molecular weight is 390 g/mol. The maximum absolute atomic E-state index is 12.5. The van der Waals surface area contributed by atoms with E-state index < -0.39 is 0 Å². The van der Waals surface area contributed by atoms with Crippen molar-refractivity contribution in [2.24, 2.45) is 17.6 Å². The first-order valence-corrected chi connectivity index (χ1v) is 8.96. The fourth-order valence-corrected chi connectivity index (χ4v) is 3.55. The van der Waals surface area contributed by atoms with Gasteiger partial charge in [0.1, 0.15) is 0 Å². The molecule has 25 heavy (non-hydrogen) atoms. The van der Waals surface area contributed by atoms with Gasteiger partial charge in [-0.1, -0.05) is 44.5 Å². The van der Waals surface area contributed by atoms with Gasteiger partial charge in [-0.15, -0.1) is 24.8 Å². The molecule has 144 valence electrons. The summed E-state index contributed by atoms with van der Waals surface area (Å²) in [6.45, 7) is 8.62. The second-order valence-electron chi connectivity index (χ2n) is 6.48. The minimum atomic E-state index is 0. The van der Waals surface area contributed by atoms with Crippen molar-refractivity contribution in [1.82, 2.24) is 10.2 Å². The Balaban J connectivity index is 0.00000288. The Morgan fingerprint density at radius 1 is 1.16 bits per heavy atom. The third kappa shape index (κ3) is 6.78. The quantitative estimate of drug-likeness (QED) is 0.716. The van der Waals surface area contributed by atoms with Gasteiger partial charge in [0.05, 0.1) is 0 Å². The van der Waals surface area contributed by atoms with Gasteiger partial charge in [0.2, 0.25) is 5.91 Å². The molecule has 0 aliphatic heterocycles. The molecule has 0 radical (unpaired) electrons. The molecule has 0 saturated heterocycles. The number of rotatable bonds is 8. The number of halogens is 2. The van der Waals surface area contributed by atoms with Gasteiger partial charge in [0, 0.05) is 19.0 Å². The number of amides is 1. The maximum atomic E-state index is 12.5. The van der Waals surface area contributed by atoms with Gasteiger partial charge in [-0.2, -0.15) is 0 Å². The van der Waals surface area contributed by atoms with Crippen LogP contribution < -0.4 is 11.1 Å². The lowest BCUT2D eigenvalue weighted by atomic mass is 9.95. The molecule has 1 aromatic carbocycles. The van der Waals surface area contributed by atoms with Gasteiger partial charge >= 0.3 is 0 Å². The van der Waals surface area contributed by atoms with Crippen LogP contribution in [0.2, 0.25) is 0 Å². The van der Waals surface area contributed by atoms with Crippen molar-refractivity contribution in [1.29, 1.82) is 0 Å². The predicted octanol–water partition coefficient (Wildman–Crippen LogP) is 3.36. The van der Waals surface area contributed by atoms with Crippen LogP contribution in [0.4, 0.5) is 0 Å². The molecule has 2 rings (SSSR count). The number of hydrogen-bond acceptors (Lipinski definition) is 3. The lowest BCUT2D eigenvalue weighted by Crippen LogP contribution is -2.35. The first-order chi connectivity index (χ1) is 11.2. The Labute approximate surface area is 164 Å².